The molecular formula is C19H19F3N4O2. The third kappa shape index (κ3) is 3.04. The van der Waals surface area contributed by atoms with Gasteiger partial charge in [0.1, 0.15) is 29.9 Å². The normalized spacial score (nSPS) is 19.8. The van der Waals surface area contributed by atoms with Gasteiger partial charge in [0.05, 0.1) is 31.0 Å². The van der Waals surface area contributed by atoms with E-state index in [-0.39, 0.29) is 34.5 Å². The second-order valence-electron chi connectivity index (χ2n) is 6.77. The molecule has 0 unspecified atom stereocenters. The molecule has 0 saturated heterocycles. The molecule has 6 nitrogen and oxygen atoms in total. The number of halogens is 3. The van der Waals surface area contributed by atoms with Crippen molar-refractivity contribution >= 4 is 5.78 Å². The van der Waals surface area contributed by atoms with E-state index in [1.165, 1.54) is 25.1 Å². The summed E-state index contributed by atoms with van der Waals surface area (Å²) in [7, 11) is 2.71. The largest absolute Gasteiger partial charge is 0.497 e. The number of methoxy groups -OCH3 is 2. The minimum absolute atomic E-state index is 0.0424. The van der Waals surface area contributed by atoms with Crippen LogP contribution in [0.5, 0.6) is 11.6 Å². The molecule has 0 aliphatic heterocycles. The number of aromatic nitrogens is 4. The highest BCUT2D eigenvalue weighted by Crippen LogP contribution is 2.44. The maximum atomic E-state index is 14.9. The predicted molar refractivity (Wildman–Crippen MR) is 95.3 cm³/mol. The Balaban J connectivity index is 2.01. The van der Waals surface area contributed by atoms with Crippen molar-refractivity contribution in [3.05, 3.63) is 35.8 Å². The average molecular weight is 392 g/mol. The Labute approximate surface area is 159 Å². The van der Waals surface area contributed by atoms with Crippen LogP contribution in [0.2, 0.25) is 0 Å². The molecule has 28 heavy (non-hydrogen) atoms. The lowest BCUT2D eigenvalue weighted by Gasteiger charge is -2.27. The number of fused-ring (bicyclic) bond motifs is 1. The monoisotopic (exact) mass is 392 g/mol. The summed E-state index contributed by atoms with van der Waals surface area (Å²) in [5.41, 5.74) is 0.412. The van der Waals surface area contributed by atoms with Gasteiger partial charge in [0.2, 0.25) is 5.88 Å². The summed E-state index contributed by atoms with van der Waals surface area (Å²) >= 11 is 0. The molecule has 0 N–H and O–H groups in total. The zero-order valence-electron chi connectivity index (χ0n) is 15.5. The first-order valence-electron chi connectivity index (χ1n) is 8.98. The standard InChI is InChI=1S/C19H19F3N4O2/c1-27-12-7-13(21)15(14(22)8-12)16-17(10-3-5-11(20)6-4-10)26-19(23-9-24-26)25-18(16)28-2/h7-11H,3-6H2,1-2H3/t10-,11-. The van der Waals surface area contributed by atoms with Gasteiger partial charge in [0.15, 0.2) is 0 Å². The highest BCUT2D eigenvalue weighted by Gasteiger charge is 2.32. The molecule has 9 heteroatoms. The summed E-state index contributed by atoms with van der Waals surface area (Å²) in [6, 6.07) is 2.21. The lowest BCUT2D eigenvalue weighted by Crippen LogP contribution is -2.19. The molecule has 0 spiro atoms. The smallest absolute Gasteiger partial charge is 0.255 e. The van der Waals surface area contributed by atoms with Gasteiger partial charge in [-0.2, -0.15) is 15.1 Å². The van der Waals surface area contributed by atoms with Gasteiger partial charge in [0, 0.05) is 18.1 Å². The van der Waals surface area contributed by atoms with Crippen LogP contribution in [0.3, 0.4) is 0 Å². The fourth-order valence-electron chi connectivity index (χ4n) is 3.84. The number of benzene rings is 1. The number of rotatable bonds is 4. The van der Waals surface area contributed by atoms with Crippen molar-refractivity contribution in [3.63, 3.8) is 0 Å². The van der Waals surface area contributed by atoms with Crippen molar-refractivity contribution in [1.82, 2.24) is 19.6 Å². The van der Waals surface area contributed by atoms with Crippen LogP contribution >= 0.6 is 0 Å². The first kappa shape index (κ1) is 18.5. The zero-order chi connectivity index (χ0) is 19.8. The molecule has 2 aromatic heterocycles. The van der Waals surface area contributed by atoms with Gasteiger partial charge in [-0.3, -0.25) is 0 Å². The van der Waals surface area contributed by atoms with Crippen LogP contribution in [0.4, 0.5) is 13.2 Å². The van der Waals surface area contributed by atoms with Crippen LogP contribution < -0.4 is 9.47 Å². The van der Waals surface area contributed by atoms with Crippen LogP contribution in [0.15, 0.2) is 18.5 Å². The summed E-state index contributed by atoms with van der Waals surface area (Å²) in [5, 5.41) is 4.19. The van der Waals surface area contributed by atoms with E-state index in [0.29, 0.717) is 31.4 Å². The van der Waals surface area contributed by atoms with Crippen LogP contribution in [0, 0.1) is 11.6 Å². The quantitative estimate of drug-likeness (QED) is 0.670. The van der Waals surface area contributed by atoms with Crippen LogP contribution in [0.25, 0.3) is 16.9 Å². The van der Waals surface area contributed by atoms with Crippen molar-refractivity contribution in [1.29, 1.82) is 0 Å². The Hall–Kier alpha value is -2.84. The van der Waals surface area contributed by atoms with E-state index in [1.54, 1.807) is 0 Å². The van der Waals surface area contributed by atoms with Crippen molar-refractivity contribution in [2.24, 2.45) is 0 Å². The minimum Gasteiger partial charge on any atom is -0.497 e. The van der Waals surface area contributed by atoms with Crippen LogP contribution in [0.1, 0.15) is 37.3 Å². The topological polar surface area (TPSA) is 61.5 Å². The highest BCUT2D eigenvalue weighted by atomic mass is 19.1. The molecular weight excluding hydrogens is 373 g/mol. The maximum Gasteiger partial charge on any atom is 0.255 e. The fourth-order valence-corrected chi connectivity index (χ4v) is 3.84. The van der Waals surface area contributed by atoms with E-state index in [4.69, 9.17) is 9.47 Å². The lowest BCUT2D eigenvalue weighted by atomic mass is 9.83. The molecule has 0 bridgehead atoms. The summed E-state index contributed by atoms with van der Waals surface area (Å²) in [5.74, 6) is -1.42. The zero-order valence-corrected chi connectivity index (χ0v) is 15.5. The number of alkyl halides is 1. The summed E-state index contributed by atoms with van der Waals surface area (Å²) in [6.07, 6.45) is 2.24. The molecule has 148 valence electrons. The molecule has 1 aromatic carbocycles. The minimum atomic E-state index is -0.871. The van der Waals surface area contributed by atoms with Crippen molar-refractivity contribution < 1.29 is 22.6 Å². The third-order valence-corrected chi connectivity index (χ3v) is 5.17. The number of nitrogens with zero attached hydrogens (tertiary/aromatic N) is 4. The first-order valence-corrected chi connectivity index (χ1v) is 8.98. The molecule has 1 fully saturated rings. The highest BCUT2D eigenvalue weighted by molar-refractivity contribution is 5.74. The Bertz CT molecular complexity index is 993. The van der Waals surface area contributed by atoms with E-state index in [1.807, 2.05) is 0 Å². The van der Waals surface area contributed by atoms with Gasteiger partial charge in [-0.25, -0.2) is 17.7 Å². The van der Waals surface area contributed by atoms with E-state index >= 15 is 0 Å². The Morgan fingerprint density at radius 1 is 1.00 bits per heavy atom. The number of hydrogen-bond donors (Lipinski definition) is 0. The molecule has 0 atom stereocenters. The van der Waals surface area contributed by atoms with E-state index in [2.05, 4.69) is 15.1 Å². The Morgan fingerprint density at radius 3 is 2.29 bits per heavy atom. The van der Waals surface area contributed by atoms with E-state index < -0.39 is 17.8 Å². The van der Waals surface area contributed by atoms with Gasteiger partial charge in [-0.1, -0.05) is 0 Å². The number of ether oxygens (including phenoxy) is 2. The van der Waals surface area contributed by atoms with Crippen molar-refractivity contribution in [2.75, 3.05) is 14.2 Å². The van der Waals surface area contributed by atoms with Gasteiger partial charge < -0.3 is 9.47 Å². The second-order valence-corrected chi connectivity index (χ2v) is 6.77. The average Bonchev–Trinajstić information content (AvgIpc) is 3.15. The predicted octanol–water partition coefficient (Wildman–Crippen LogP) is 4.08. The molecule has 0 amide bonds. The molecule has 1 saturated carbocycles. The van der Waals surface area contributed by atoms with Gasteiger partial charge in [-0.05, 0) is 25.7 Å². The third-order valence-electron chi connectivity index (χ3n) is 5.17. The summed E-state index contributed by atoms with van der Waals surface area (Å²) in [4.78, 5) is 8.34. The van der Waals surface area contributed by atoms with Gasteiger partial charge in [-0.15, -0.1) is 0 Å². The Kier molecular flexibility index (Phi) is 4.82. The SMILES string of the molecule is COc1cc(F)c(-c2c(OC)nc3ncnn3c2[C@H]2CC[C@H](F)CC2)c(F)c1. The molecule has 0 radical (unpaired) electrons. The van der Waals surface area contributed by atoms with E-state index in [9.17, 15) is 13.2 Å². The summed E-state index contributed by atoms with van der Waals surface area (Å²) in [6.45, 7) is 0. The lowest BCUT2D eigenvalue weighted by molar-refractivity contribution is 0.233. The number of hydrogen-bond acceptors (Lipinski definition) is 5. The molecule has 1 aliphatic rings. The molecule has 4 rings (SSSR count). The first-order chi connectivity index (χ1) is 13.5. The van der Waals surface area contributed by atoms with Gasteiger partial charge >= 0.3 is 0 Å². The fraction of sp³-hybridized carbons (Fsp3) is 0.421. The molecule has 1 aliphatic carbocycles. The van der Waals surface area contributed by atoms with Crippen molar-refractivity contribution in [3.8, 4) is 22.8 Å². The molecule has 3 aromatic rings. The van der Waals surface area contributed by atoms with Crippen LogP contribution in [-0.4, -0.2) is 40.0 Å². The van der Waals surface area contributed by atoms with E-state index in [0.717, 1.165) is 12.1 Å². The van der Waals surface area contributed by atoms with Crippen molar-refractivity contribution in [2.45, 2.75) is 37.8 Å². The van der Waals surface area contributed by atoms with Crippen LogP contribution in [-0.2, 0) is 0 Å². The Morgan fingerprint density at radius 2 is 1.68 bits per heavy atom. The second kappa shape index (κ2) is 7.29. The summed E-state index contributed by atoms with van der Waals surface area (Å²) < 4.78 is 55.3. The maximum absolute atomic E-state index is 14.9. The van der Waals surface area contributed by atoms with Gasteiger partial charge in [0.25, 0.3) is 5.78 Å². The molecule has 2 heterocycles.